The third-order valence-electron chi connectivity index (χ3n) is 9.39. The molecule has 0 aromatic heterocycles. The lowest BCUT2D eigenvalue weighted by Crippen LogP contribution is -2.60. The van der Waals surface area contributed by atoms with Crippen molar-refractivity contribution in [1.82, 2.24) is 10.2 Å². The summed E-state index contributed by atoms with van der Waals surface area (Å²) in [4.78, 5) is 28.4. The van der Waals surface area contributed by atoms with E-state index in [0.29, 0.717) is 6.42 Å². The molecular formula is C30H56N2O10. The molecule has 0 aromatic carbocycles. The monoisotopic (exact) mass is 604 g/mol. The van der Waals surface area contributed by atoms with Crippen molar-refractivity contribution in [1.29, 1.82) is 0 Å². The molecule has 0 aliphatic carbocycles. The first-order valence-corrected chi connectivity index (χ1v) is 15.1. The molecule has 2 saturated heterocycles. The predicted octanol–water partition coefficient (Wildman–Crippen LogP) is 0.814. The van der Waals surface area contributed by atoms with Crippen molar-refractivity contribution in [2.24, 2.45) is 17.8 Å². The summed E-state index contributed by atoms with van der Waals surface area (Å²) in [7, 11) is 5.24. The van der Waals surface area contributed by atoms with E-state index in [-0.39, 0.29) is 25.0 Å². The number of amides is 1. The number of hydrogen-bond donors (Lipinski definition) is 5. The highest BCUT2D eigenvalue weighted by Crippen LogP contribution is 2.37. The highest BCUT2D eigenvalue weighted by molar-refractivity contribution is 5.79. The standard InChI is InChI=1S/C30H56N2O10/c1-12-21-30(8,38)24(35)19(6)26(36)31-15(2)14-29(7,39-11)25(17(4)22(33)18(5)27(37)41-21)42-28-23(34)20(32(9)10)13-16(3)40-28/h15-25,28,33-35,38H,12-14H2,1-11H3,(H,31,36)/t15-,16-,17+,18-,19-,20+,21-,22+,23-,24-,25-,28+,29-,30-/m1/s1. The van der Waals surface area contributed by atoms with Crippen molar-refractivity contribution in [3.05, 3.63) is 0 Å². The quantitative estimate of drug-likeness (QED) is 0.282. The van der Waals surface area contributed by atoms with Gasteiger partial charge in [0.2, 0.25) is 5.91 Å². The second-order valence-corrected chi connectivity index (χ2v) is 13.2. The Hall–Kier alpha value is -1.38. The SMILES string of the molecule is CC[C@H]1OC(=O)[C@H](C)[C@@H](O)[C@H](C)[C@@H](O[C@@H]2O[C@H](C)C[C@H](N(C)C)[C@H]2O)[C@](C)(OC)C[C@@H](C)NC(=O)[C@H](C)[C@@H](O)[C@]1(C)O. The van der Waals surface area contributed by atoms with Gasteiger partial charge >= 0.3 is 5.97 Å². The van der Waals surface area contributed by atoms with Crippen LogP contribution in [0.3, 0.4) is 0 Å². The molecule has 5 N–H and O–H groups in total. The summed E-state index contributed by atoms with van der Waals surface area (Å²) >= 11 is 0. The first-order valence-electron chi connectivity index (χ1n) is 15.1. The van der Waals surface area contributed by atoms with Crippen LogP contribution in [0.15, 0.2) is 0 Å². The maximum absolute atomic E-state index is 13.3. The lowest BCUT2D eigenvalue weighted by Gasteiger charge is -2.47. The van der Waals surface area contributed by atoms with E-state index in [0.717, 1.165) is 0 Å². The number of aliphatic hydroxyl groups is 4. The topological polar surface area (TPSA) is 167 Å². The van der Waals surface area contributed by atoms with Gasteiger partial charge in [0.25, 0.3) is 0 Å². The van der Waals surface area contributed by atoms with Crippen molar-refractivity contribution in [2.45, 2.75) is 141 Å². The zero-order valence-electron chi connectivity index (χ0n) is 27.2. The van der Waals surface area contributed by atoms with Gasteiger partial charge in [0.1, 0.15) is 17.8 Å². The van der Waals surface area contributed by atoms with E-state index in [4.69, 9.17) is 18.9 Å². The first kappa shape index (κ1) is 36.8. The third kappa shape index (κ3) is 8.01. The van der Waals surface area contributed by atoms with Crippen LogP contribution in [0.2, 0.25) is 0 Å². The minimum Gasteiger partial charge on any atom is -0.459 e. The Morgan fingerprint density at radius 2 is 1.62 bits per heavy atom. The van der Waals surface area contributed by atoms with Crippen LogP contribution in [-0.2, 0) is 28.5 Å². The summed E-state index contributed by atoms with van der Waals surface area (Å²) < 4.78 is 24.2. The minimum absolute atomic E-state index is 0.161. The molecule has 2 fully saturated rings. The molecule has 2 aliphatic rings. The van der Waals surface area contributed by atoms with Gasteiger partial charge in [-0.15, -0.1) is 0 Å². The Balaban J connectivity index is 2.58. The molecule has 12 heteroatoms. The van der Waals surface area contributed by atoms with Crippen LogP contribution in [0.4, 0.5) is 0 Å². The molecule has 2 aliphatic heterocycles. The maximum Gasteiger partial charge on any atom is 0.311 e. The Bertz CT molecular complexity index is 903. The molecule has 0 saturated carbocycles. The molecule has 12 nitrogen and oxygen atoms in total. The molecule has 0 radical (unpaired) electrons. The molecular weight excluding hydrogens is 548 g/mol. The van der Waals surface area contributed by atoms with E-state index >= 15 is 0 Å². The molecule has 2 heterocycles. The van der Waals surface area contributed by atoms with Gasteiger partial charge < -0.3 is 49.6 Å². The molecule has 0 spiro atoms. The molecule has 246 valence electrons. The van der Waals surface area contributed by atoms with Crippen molar-refractivity contribution in [2.75, 3.05) is 21.2 Å². The van der Waals surface area contributed by atoms with Crippen LogP contribution < -0.4 is 5.32 Å². The summed E-state index contributed by atoms with van der Waals surface area (Å²) in [6.07, 6.45) is -6.22. The van der Waals surface area contributed by atoms with Crippen LogP contribution in [0, 0.1) is 17.8 Å². The Morgan fingerprint density at radius 3 is 2.14 bits per heavy atom. The van der Waals surface area contributed by atoms with Gasteiger partial charge in [-0.2, -0.15) is 0 Å². The zero-order valence-corrected chi connectivity index (χ0v) is 27.2. The fraction of sp³-hybridized carbons (Fsp3) is 0.933. The van der Waals surface area contributed by atoms with Crippen molar-refractivity contribution < 1.29 is 49.0 Å². The second kappa shape index (κ2) is 14.6. The van der Waals surface area contributed by atoms with Crippen molar-refractivity contribution >= 4 is 11.9 Å². The van der Waals surface area contributed by atoms with Gasteiger partial charge in [0.15, 0.2) is 6.29 Å². The molecule has 0 bridgehead atoms. The number of aliphatic hydroxyl groups excluding tert-OH is 3. The number of esters is 1. The highest BCUT2D eigenvalue weighted by Gasteiger charge is 2.50. The summed E-state index contributed by atoms with van der Waals surface area (Å²) in [6.45, 7) is 13.2. The zero-order chi connectivity index (χ0) is 32.3. The number of ether oxygens (including phenoxy) is 4. The number of methoxy groups -OCH3 is 1. The molecule has 0 aromatic rings. The lowest BCUT2D eigenvalue weighted by molar-refractivity contribution is -0.301. The fourth-order valence-corrected chi connectivity index (χ4v) is 6.45. The van der Waals surface area contributed by atoms with Gasteiger partial charge in [0, 0.05) is 25.1 Å². The Kier molecular flexibility index (Phi) is 12.8. The third-order valence-corrected chi connectivity index (χ3v) is 9.39. The molecule has 1 amide bonds. The van der Waals surface area contributed by atoms with Crippen LogP contribution in [-0.4, -0.2) is 125 Å². The predicted molar refractivity (Wildman–Crippen MR) is 155 cm³/mol. The highest BCUT2D eigenvalue weighted by atomic mass is 16.7. The van der Waals surface area contributed by atoms with Gasteiger partial charge in [-0.25, -0.2) is 0 Å². The number of nitrogens with one attached hydrogen (secondary N) is 1. The van der Waals surface area contributed by atoms with Crippen LogP contribution in [0.5, 0.6) is 0 Å². The number of likely N-dealkylation sites (N-methyl/N-ethyl adjacent to an activating group) is 1. The number of nitrogens with zero attached hydrogens (tertiary/aromatic N) is 1. The number of hydrogen-bond acceptors (Lipinski definition) is 11. The van der Waals surface area contributed by atoms with Crippen molar-refractivity contribution in [3.8, 4) is 0 Å². The largest absolute Gasteiger partial charge is 0.459 e. The number of rotatable bonds is 5. The molecule has 2 rings (SSSR count). The van der Waals surface area contributed by atoms with Gasteiger partial charge in [-0.1, -0.05) is 20.8 Å². The Morgan fingerprint density at radius 1 is 1.02 bits per heavy atom. The van der Waals surface area contributed by atoms with E-state index in [1.165, 1.54) is 27.9 Å². The summed E-state index contributed by atoms with van der Waals surface area (Å²) in [5.74, 6) is -4.13. The van der Waals surface area contributed by atoms with E-state index in [1.807, 2.05) is 25.9 Å². The van der Waals surface area contributed by atoms with E-state index in [2.05, 4.69) is 5.32 Å². The summed E-state index contributed by atoms with van der Waals surface area (Å²) in [6, 6.07) is -0.737. The second-order valence-electron chi connectivity index (χ2n) is 13.2. The normalized spacial score (nSPS) is 46.9. The van der Waals surface area contributed by atoms with E-state index < -0.39 is 83.7 Å². The summed E-state index contributed by atoms with van der Waals surface area (Å²) in [5, 5.41) is 47.9. The molecule has 0 unspecified atom stereocenters. The number of cyclic esters (lactones) is 1. The number of carbonyl (C=O) groups is 2. The lowest BCUT2D eigenvalue weighted by atomic mass is 9.79. The maximum atomic E-state index is 13.3. The van der Waals surface area contributed by atoms with Crippen molar-refractivity contribution in [3.63, 3.8) is 0 Å². The Labute approximate surface area is 251 Å². The van der Waals surface area contributed by atoms with Crippen LogP contribution in [0.25, 0.3) is 0 Å². The first-order chi connectivity index (χ1) is 19.3. The van der Waals surface area contributed by atoms with Crippen LogP contribution in [0.1, 0.15) is 74.7 Å². The molecule has 42 heavy (non-hydrogen) atoms. The number of carbonyl (C=O) groups excluding carboxylic acids is 2. The summed E-state index contributed by atoms with van der Waals surface area (Å²) in [5.41, 5.74) is -3.09. The smallest absolute Gasteiger partial charge is 0.311 e. The fourth-order valence-electron chi connectivity index (χ4n) is 6.45. The van der Waals surface area contributed by atoms with E-state index in [9.17, 15) is 30.0 Å². The van der Waals surface area contributed by atoms with Gasteiger partial charge in [0.05, 0.1) is 41.9 Å². The average molecular weight is 605 g/mol. The minimum atomic E-state index is -1.94. The average Bonchev–Trinajstić information content (AvgIpc) is 2.92. The van der Waals surface area contributed by atoms with Crippen LogP contribution >= 0.6 is 0 Å². The molecule has 14 atom stereocenters. The van der Waals surface area contributed by atoms with Gasteiger partial charge in [-0.05, 0) is 68.0 Å². The van der Waals surface area contributed by atoms with Gasteiger partial charge in [-0.3, -0.25) is 9.59 Å². The van der Waals surface area contributed by atoms with E-state index in [1.54, 1.807) is 27.7 Å².